The molecule has 1 N–H and O–H groups in total. The molecule has 170 valence electrons. The first-order chi connectivity index (χ1) is 15.2. The highest BCUT2D eigenvalue weighted by atomic mass is 19.3. The molecule has 3 aromatic rings. The van der Waals surface area contributed by atoms with Gasteiger partial charge in [-0.25, -0.2) is 13.2 Å². The van der Waals surface area contributed by atoms with Gasteiger partial charge >= 0.3 is 0 Å². The van der Waals surface area contributed by atoms with Crippen LogP contribution in [0, 0.1) is 11.7 Å². The number of nitrogens with zero attached hydrogens (tertiary/aromatic N) is 3. The molecular weight excluding hydrogens is 417 g/mol. The zero-order valence-corrected chi connectivity index (χ0v) is 18.4. The van der Waals surface area contributed by atoms with Crippen LogP contribution in [-0.2, 0) is 13.5 Å². The van der Waals surface area contributed by atoms with E-state index in [1.54, 1.807) is 30.8 Å². The van der Waals surface area contributed by atoms with Gasteiger partial charge in [0.15, 0.2) is 0 Å². The van der Waals surface area contributed by atoms with Crippen molar-refractivity contribution < 1.29 is 18.0 Å². The van der Waals surface area contributed by atoms with Gasteiger partial charge in [0.05, 0.1) is 23.8 Å². The second-order valence-electron chi connectivity index (χ2n) is 8.71. The van der Waals surface area contributed by atoms with E-state index in [1.165, 1.54) is 6.07 Å². The number of amides is 1. The van der Waals surface area contributed by atoms with E-state index in [9.17, 15) is 18.0 Å². The molecule has 2 heterocycles. The number of carbonyl (C=O) groups excluding carboxylic acids is 1. The number of benzene rings is 2. The lowest BCUT2D eigenvalue weighted by molar-refractivity contribution is 0.0476. The van der Waals surface area contributed by atoms with E-state index < -0.39 is 30.7 Å². The van der Waals surface area contributed by atoms with E-state index in [2.05, 4.69) is 16.5 Å². The molecule has 1 aromatic heterocycles. The second-order valence-corrected chi connectivity index (χ2v) is 8.71. The van der Waals surface area contributed by atoms with Gasteiger partial charge in [0, 0.05) is 18.5 Å². The quantitative estimate of drug-likeness (QED) is 0.593. The van der Waals surface area contributed by atoms with Gasteiger partial charge in [-0.3, -0.25) is 9.48 Å². The van der Waals surface area contributed by atoms with Crippen molar-refractivity contribution in [2.45, 2.75) is 32.7 Å². The van der Waals surface area contributed by atoms with Crippen molar-refractivity contribution in [3.63, 3.8) is 0 Å². The predicted octanol–water partition coefficient (Wildman–Crippen LogP) is 4.26. The number of hydrogen-bond acceptors (Lipinski definition) is 3. The smallest absolute Gasteiger partial charge is 0.255 e. The molecule has 1 aliphatic rings. The number of rotatable bonds is 7. The number of fused-ring (bicyclic) bond motifs is 1. The van der Waals surface area contributed by atoms with Crippen LogP contribution in [0.5, 0.6) is 0 Å². The van der Waals surface area contributed by atoms with Crippen molar-refractivity contribution in [3.8, 4) is 11.1 Å². The van der Waals surface area contributed by atoms with Crippen LogP contribution in [0.1, 0.15) is 29.8 Å². The van der Waals surface area contributed by atoms with E-state index in [0.29, 0.717) is 11.5 Å². The lowest BCUT2D eigenvalue weighted by Crippen LogP contribution is -2.43. The van der Waals surface area contributed by atoms with Crippen molar-refractivity contribution in [2.24, 2.45) is 13.0 Å². The Bertz CT molecular complexity index is 1140. The summed E-state index contributed by atoms with van der Waals surface area (Å²) in [6.45, 7) is 4.55. The highest BCUT2D eigenvalue weighted by Gasteiger charge is 2.26. The molecule has 32 heavy (non-hydrogen) atoms. The topological polar surface area (TPSA) is 50.2 Å². The van der Waals surface area contributed by atoms with Crippen LogP contribution < -0.4 is 5.32 Å². The molecule has 1 amide bonds. The lowest BCUT2D eigenvalue weighted by Gasteiger charge is -2.28. The Morgan fingerprint density at radius 2 is 1.97 bits per heavy atom. The summed E-state index contributed by atoms with van der Waals surface area (Å²) in [6, 6.07) is 7.64. The molecular formula is C24H27F3N4O. The molecule has 0 radical (unpaired) electrons. The van der Waals surface area contributed by atoms with E-state index in [1.807, 2.05) is 13.1 Å². The Balaban J connectivity index is 1.86. The molecule has 1 saturated heterocycles. The molecule has 8 heteroatoms. The van der Waals surface area contributed by atoms with E-state index in [4.69, 9.17) is 0 Å². The summed E-state index contributed by atoms with van der Waals surface area (Å²) >= 11 is 0. The summed E-state index contributed by atoms with van der Waals surface area (Å²) in [5.41, 5.74) is 3.34. The first-order valence-corrected chi connectivity index (χ1v) is 10.8. The van der Waals surface area contributed by atoms with Crippen molar-refractivity contribution >= 4 is 16.8 Å². The minimum absolute atomic E-state index is 0.0759. The summed E-state index contributed by atoms with van der Waals surface area (Å²) in [4.78, 5) is 14.4. The number of carbonyl (C=O) groups is 1. The van der Waals surface area contributed by atoms with Gasteiger partial charge in [0.1, 0.15) is 5.82 Å². The highest BCUT2D eigenvalue weighted by Crippen LogP contribution is 2.34. The van der Waals surface area contributed by atoms with Crippen LogP contribution in [-0.4, -0.2) is 52.7 Å². The third-order valence-corrected chi connectivity index (χ3v) is 6.04. The number of halogens is 3. The third kappa shape index (κ3) is 4.37. The SMILES string of the molecule is CC(C)N(CC(F)F)C(=O)c1cc(F)ccc1-c1cc(CC2CNC2)cc2c1cnn2C. The maximum atomic E-state index is 14.2. The predicted molar refractivity (Wildman–Crippen MR) is 118 cm³/mol. The molecule has 0 spiro atoms. The van der Waals surface area contributed by atoms with E-state index in [0.717, 1.165) is 52.5 Å². The van der Waals surface area contributed by atoms with Crippen molar-refractivity contribution in [2.75, 3.05) is 19.6 Å². The molecule has 0 unspecified atom stereocenters. The number of nitrogens with one attached hydrogen (secondary N) is 1. The van der Waals surface area contributed by atoms with Gasteiger partial charge in [-0.1, -0.05) is 12.1 Å². The normalized spacial score (nSPS) is 14.4. The summed E-state index contributed by atoms with van der Waals surface area (Å²) in [5, 5.41) is 8.46. The Hall–Kier alpha value is -2.87. The Kier molecular flexibility index (Phi) is 6.24. The number of aryl methyl sites for hydroxylation is 1. The molecule has 0 aliphatic carbocycles. The number of alkyl halides is 2. The maximum Gasteiger partial charge on any atom is 0.255 e. The average Bonchev–Trinajstić information content (AvgIpc) is 3.08. The van der Waals surface area contributed by atoms with Crippen LogP contribution in [0.4, 0.5) is 13.2 Å². The molecule has 0 bridgehead atoms. The van der Waals surface area contributed by atoms with E-state index >= 15 is 0 Å². The monoisotopic (exact) mass is 444 g/mol. The maximum absolute atomic E-state index is 14.2. The fourth-order valence-corrected chi connectivity index (χ4v) is 4.23. The third-order valence-electron chi connectivity index (χ3n) is 6.04. The summed E-state index contributed by atoms with van der Waals surface area (Å²) < 4.78 is 42.3. The van der Waals surface area contributed by atoms with Gasteiger partial charge in [0.2, 0.25) is 0 Å². The summed E-state index contributed by atoms with van der Waals surface area (Å²) in [6.07, 6.45) is -0.0892. The number of aromatic nitrogens is 2. The van der Waals surface area contributed by atoms with Crippen LogP contribution >= 0.6 is 0 Å². The van der Waals surface area contributed by atoms with Crippen LogP contribution in [0.25, 0.3) is 22.0 Å². The average molecular weight is 445 g/mol. The lowest BCUT2D eigenvalue weighted by atomic mass is 9.89. The fraction of sp³-hybridized carbons (Fsp3) is 0.417. The summed E-state index contributed by atoms with van der Waals surface area (Å²) in [7, 11) is 1.85. The van der Waals surface area contributed by atoms with E-state index in [-0.39, 0.29) is 5.56 Å². The minimum atomic E-state index is -2.68. The van der Waals surface area contributed by atoms with Gasteiger partial charge in [-0.15, -0.1) is 0 Å². The Morgan fingerprint density at radius 3 is 2.59 bits per heavy atom. The largest absolute Gasteiger partial charge is 0.330 e. The Morgan fingerprint density at radius 1 is 1.22 bits per heavy atom. The molecule has 1 aliphatic heterocycles. The summed E-state index contributed by atoms with van der Waals surface area (Å²) in [5.74, 6) is -0.664. The minimum Gasteiger partial charge on any atom is -0.330 e. The zero-order chi connectivity index (χ0) is 23.0. The fourth-order valence-electron chi connectivity index (χ4n) is 4.23. The van der Waals surface area contributed by atoms with Crippen LogP contribution in [0.2, 0.25) is 0 Å². The van der Waals surface area contributed by atoms with Crippen molar-refractivity contribution in [1.82, 2.24) is 20.0 Å². The standard InChI is InChI=1S/C24H27F3N4O/c1-14(2)31(13-23(26)27)24(32)20-9-17(25)4-5-18(20)19-7-15(6-16-10-28-11-16)8-22-21(19)12-29-30(22)3/h4-5,7-9,12,14,16,23,28H,6,10-11,13H2,1-3H3. The molecule has 4 rings (SSSR count). The van der Waals surface area contributed by atoms with Crippen LogP contribution in [0.3, 0.4) is 0 Å². The second kappa shape index (κ2) is 8.94. The Labute approximate surface area is 185 Å². The molecule has 2 aromatic carbocycles. The van der Waals surface area contributed by atoms with Gasteiger partial charge in [0.25, 0.3) is 12.3 Å². The zero-order valence-electron chi connectivity index (χ0n) is 18.4. The first-order valence-electron chi connectivity index (χ1n) is 10.8. The van der Waals surface area contributed by atoms with Crippen molar-refractivity contribution in [1.29, 1.82) is 0 Å². The number of hydrogen-bond donors (Lipinski definition) is 1. The molecule has 0 saturated carbocycles. The van der Waals surface area contributed by atoms with Crippen molar-refractivity contribution in [3.05, 3.63) is 53.5 Å². The molecule has 0 atom stereocenters. The van der Waals surface area contributed by atoms with Gasteiger partial charge in [-0.05, 0) is 74.2 Å². The molecule has 5 nitrogen and oxygen atoms in total. The van der Waals surface area contributed by atoms with Gasteiger partial charge in [-0.2, -0.15) is 5.10 Å². The molecule has 1 fully saturated rings. The van der Waals surface area contributed by atoms with Crippen LogP contribution in [0.15, 0.2) is 36.5 Å². The van der Waals surface area contributed by atoms with Gasteiger partial charge < -0.3 is 10.2 Å². The first kappa shape index (κ1) is 22.3. The highest BCUT2D eigenvalue weighted by molar-refractivity contribution is 6.05.